The Morgan fingerprint density at radius 1 is 1.32 bits per heavy atom. The molecule has 1 aromatic rings. The Kier molecular flexibility index (Phi) is 5.26. The van der Waals surface area contributed by atoms with Gasteiger partial charge in [-0.3, -0.25) is 0 Å². The van der Waals surface area contributed by atoms with E-state index in [1.54, 1.807) is 27.9 Å². The standard InChI is InChI=1S/C13H20BrNO3S/c1-13(2,3)19(16,17)8-7-15-11-9-10(14)5-6-12(11)18-4/h5-6,9,15H,7-8H2,1-4H3. The monoisotopic (exact) mass is 349 g/mol. The van der Waals surface area contributed by atoms with Gasteiger partial charge in [0.15, 0.2) is 9.84 Å². The molecule has 0 saturated heterocycles. The Morgan fingerprint density at radius 2 is 1.95 bits per heavy atom. The van der Waals surface area contributed by atoms with Crippen molar-refractivity contribution in [2.24, 2.45) is 0 Å². The summed E-state index contributed by atoms with van der Waals surface area (Å²) in [5, 5.41) is 3.10. The predicted molar refractivity (Wildman–Crippen MR) is 82.7 cm³/mol. The maximum Gasteiger partial charge on any atom is 0.156 e. The fraction of sp³-hybridized carbons (Fsp3) is 0.538. The van der Waals surface area contributed by atoms with E-state index in [0.29, 0.717) is 12.3 Å². The number of sulfone groups is 1. The molecule has 0 spiro atoms. The van der Waals surface area contributed by atoms with Gasteiger partial charge < -0.3 is 10.1 Å². The Labute approximate surface area is 123 Å². The summed E-state index contributed by atoms with van der Waals surface area (Å²) < 4.78 is 29.4. The summed E-state index contributed by atoms with van der Waals surface area (Å²) in [4.78, 5) is 0. The van der Waals surface area contributed by atoms with Gasteiger partial charge in [0.2, 0.25) is 0 Å². The second kappa shape index (κ2) is 6.13. The van der Waals surface area contributed by atoms with Crippen LogP contribution in [0.2, 0.25) is 0 Å². The highest BCUT2D eigenvalue weighted by Crippen LogP contribution is 2.27. The van der Waals surface area contributed by atoms with E-state index in [2.05, 4.69) is 21.2 Å². The number of ether oxygens (including phenoxy) is 1. The van der Waals surface area contributed by atoms with E-state index in [4.69, 9.17) is 4.74 Å². The van der Waals surface area contributed by atoms with Crippen LogP contribution in [0.15, 0.2) is 22.7 Å². The molecule has 0 aromatic heterocycles. The molecule has 0 bridgehead atoms. The Balaban J connectivity index is 2.71. The van der Waals surface area contributed by atoms with Gasteiger partial charge in [-0.1, -0.05) is 15.9 Å². The maximum atomic E-state index is 12.0. The fourth-order valence-corrected chi connectivity index (χ4v) is 2.79. The Bertz CT molecular complexity index is 535. The van der Waals surface area contributed by atoms with Crippen LogP contribution in [0.3, 0.4) is 0 Å². The van der Waals surface area contributed by atoms with Gasteiger partial charge in [-0.15, -0.1) is 0 Å². The summed E-state index contributed by atoms with van der Waals surface area (Å²) in [6.07, 6.45) is 0. The maximum absolute atomic E-state index is 12.0. The highest BCUT2D eigenvalue weighted by molar-refractivity contribution is 9.10. The first-order valence-electron chi connectivity index (χ1n) is 5.97. The molecule has 1 rings (SSSR count). The van der Waals surface area contributed by atoms with Crippen LogP contribution in [0.25, 0.3) is 0 Å². The van der Waals surface area contributed by atoms with Crippen molar-refractivity contribution >= 4 is 31.5 Å². The molecule has 4 nitrogen and oxygen atoms in total. The van der Waals surface area contributed by atoms with Gasteiger partial charge in [0.1, 0.15) is 5.75 Å². The smallest absolute Gasteiger partial charge is 0.156 e. The molecule has 0 aliphatic rings. The fourth-order valence-electron chi connectivity index (χ4n) is 1.44. The number of hydrogen-bond acceptors (Lipinski definition) is 4. The summed E-state index contributed by atoms with van der Waals surface area (Å²) in [6, 6.07) is 5.56. The van der Waals surface area contributed by atoms with E-state index in [-0.39, 0.29) is 5.75 Å². The largest absolute Gasteiger partial charge is 0.495 e. The van der Waals surface area contributed by atoms with Crippen molar-refractivity contribution in [3.8, 4) is 5.75 Å². The number of rotatable bonds is 5. The van der Waals surface area contributed by atoms with Crippen molar-refractivity contribution in [1.82, 2.24) is 0 Å². The number of nitrogens with one attached hydrogen (secondary N) is 1. The molecule has 0 radical (unpaired) electrons. The van der Waals surface area contributed by atoms with Gasteiger partial charge in [0.25, 0.3) is 0 Å². The summed E-state index contributed by atoms with van der Waals surface area (Å²) in [5.41, 5.74) is 0.779. The van der Waals surface area contributed by atoms with Gasteiger partial charge in [0.05, 0.1) is 23.3 Å². The third-order valence-electron chi connectivity index (χ3n) is 2.78. The third kappa shape index (κ3) is 4.38. The molecule has 0 amide bonds. The lowest BCUT2D eigenvalue weighted by Gasteiger charge is -2.19. The molecule has 0 atom stereocenters. The van der Waals surface area contributed by atoms with Crippen molar-refractivity contribution in [3.05, 3.63) is 22.7 Å². The zero-order valence-electron chi connectivity index (χ0n) is 11.7. The van der Waals surface area contributed by atoms with Crippen LogP contribution in [0.1, 0.15) is 20.8 Å². The second-order valence-electron chi connectivity index (χ2n) is 5.20. The van der Waals surface area contributed by atoms with Crippen LogP contribution >= 0.6 is 15.9 Å². The molecule has 0 aliphatic carbocycles. The van der Waals surface area contributed by atoms with Crippen molar-refractivity contribution in [1.29, 1.82) is 0 Å². The van der Waals surface area contributed by atoms with E-state index < -0.39 is 14.6 Å². The first kappa shape index (κ1) is 16.3. The quantitative estimate of drug-likeness (QED) is 0.887. The Hall–Kier alpha value is -0.750. The summed E-state index contributed by atoms with van der Waals surface area (Å²) in [6.45, 7) is 5.48. The molecular formula is C13H20BrNO3S. The van der Waals surface area contributed by atoms with Gasteiger partial charge >= 0.3 is 0 Å². The zero-order chi connectivity index (χ0) is 14.7. The average molecular weight is 350 g/mol. The van der Waals surface area contributed by atoms with Gasteiger partial charge in [-0.25, -0.2) is 8.42 Å². The lowest BCUT2D eigenvalue weighted by molar-refractivity contribution is 0.416. The van der Waals surface area contributed by atoms with Crippen molar-refractivity contribution in [2.75, 3.05) is 24.7 Å². The number of benzene rings is 1. The predicted octanol–water partition coefficient (Wildman–Crippen LogP) is 3.08. The average Bonchev–Trinajstić information content (AvgIpc) is 2.27. The van der Waals surface area contributed by atoms with E-state index in [0.717, 1.165) is 10.2 Å². The first-order chi connectivity index (χ1) is 8.67. The zero-order valence-corrected chi connectivity index (χ0v) is 14.1. The summed E-state index contributed by atoms with van der Waals surface area (Å²) >= 11 is 3.37. The first-order valence-corrected chi connectivity index (χ1v) is 8.41. The van der Waals surface area contributed by atoms with Gasteiger partial charge in [0, 0.05) is 11.0 Å². The van der Waals surface area contributed by atoms with E-state index >= 15 is 0 Å². The highest BCUT2D eigenvalue weighted by atomic mass is 79.9. The van der Waals surface area contributed by atoms with Gasteiger partial charge in [-0.2, -0.15) is 0 Å². The molecule has 0 heterocycles. The third-order valence-corrected chi connectivity index (χ3v) is 5.88. The SMILES string of the molecule is COc1ccc(Br)cc1NCCS(=O)(=O)C(C)(C)C. The van der Waals surface area contributed by atoms with Crippen LogP contribution in [-0.4, -0.2) is 32.6 Å². The van der Waals surface area contributed by atoms with Crippen LogP contribution in [0, 0.1) is 0 Å². The molecule has 19 heavy (non-hydrogen) atoms. The lowest BCUT2D eigenvalue weighted by atomic mass is 10.3. The van der Waals surface area contributed by atoms with Crippen molar-refractivity contribution in [3.63, 3.8) is 0 Å². The van der Waals surface area contributed by atoms with Crippen LogP contribution in [-0.2, 0) is 9.84 Å². The van der Waals surface area contributed by atoms with Crippen LogP contribution in [0.5, 0.6) is 5.75 Å². The molecule has 108 valence electrons. The molecule has 0 saturated carbocycles. The van der Waals surface area contributed by atoms with Crippen molar-refractivity contribution < 1.29 is 13.2 Å². The molecular weight excluding hydrogens is 330 g/mol. The summed E-state index contributed by atoms with van der Waals surface area (Å²) in [7, 11) is -1.53. The number of hydrogen-bond donors (Lipinski definition) is 1. The number of methoxy groups -OCH3 is 1. The Morgan fingerprint density at radius 3 is 2.47 bits per heavy atom. The minimum atomic E-state index is -3.11. The molecule has 1 aromatic carbocycles. The lowest BCUT2D eigenvalue weighted by Crippen LogP contribution is -2.32. The highest BCUT2D eigenvalue weighted by Gasteiger charge is 2.28. The van der Waals surface area contributed by atoms with Gasteiger partial charge in [-0.05, 0) is 39.0 Å². The van der Waals surface area contributed by atoms with E-state index in [1.807, 2.05) is 18.2 Å². The molecule has 0 unspecified atom stereocenters. The van der Waals surface area contributed by atoms with Crippen LogP contribution in [0.4, 0.5) is 5.69 Å². The normalized spacial score (nSPS) is 12.3. The molecule has 6 heteroatoms. The van der Waals surface area contributed by atoms with Crippen molar-refractivity contribution in [2.45, 2.75) is 25.5 Å². The second-order valence-corrected chi connectivity index (χ2v) is 8.98. The van der Waals surface area contributed by atoms with Crippen LogP contribution < -0.4 is 10.1 Å². The summed E-state index contributed by atoms with van der Waals surface area (Å²) in [5.74, 6) is 0.781. The van der Waals surface area contributed by atoms with E-state index in [1.165, 1.54) is 0 Å². The minimum Gasteiger partial charge on any atom is -0.495 e. The number of halogens is 1. The van der Waals surface area contributed by atoms with E-state index in [9.17, 15) is 8.42 Å². The molecule has 0 fully saturated rings. The topological polar surface area (TPSA) is 55.4 Å². The molecule has 1 N–H and O–H groups in total. The minimum absolute atomic E-state index is 0.0895. The molecule has 0 aliphatic heterocycles. The number of anilines is 1.